The van der Waals surface area contributed by atoms with Crippen molar-refractivity contribution in [3.63, 3.8) is 0 Å². The summed E-state index contributed by atoms with van der Waals surface area (Å²) in [7, 11) is 3.52. The van der Waals surface area contributed by atoms with E-state index in [1.165, 1.54) is 5.56 Å². The molecule has 0 aromatic heterocycles. The van der Waals surface area contributed by atoms with Crippen LogP contribution in [-0.2, 0) is 11.3 Å². The average molecular weight is 394 g/mol. The zero-order chi connectivity index (χ0) is 20.5. The number of likely N-dealkylation sites (N-methyl/N-ethyl adjacent to an activating group) is 1. The highest BCUT2D eigenvalue weighted by molar-refractivity contribution is 5.78. The number of hydrogen-bond donors (Lipinski definition) is 0. The van der Waals surface area contributed by atoms with E-state index < -0.39 is 0 Å². The molecular weight excluding hydrogens is 362 g/mol. The van der Waals surface area contributed by atoms with E-state index in [4.69, 9.17) is 4.74 Å². The number of para-hydroxylation sites is 1. The van der Waals surface area contributed by atoms with Gasteiger partial charge in [0.2, 0.25) is 5.91 Å². The molecule has 1 saturated heterocycles. The molecule has 0 spiro atoms. The number of amides is 1. The van der Waals surface area contributed by atoms with Crippen molar-refractivity contribution in [2.75, 3.05) is 53.4 Å². The fraction of sp³-hybridized carbons (Fsp3) is 0.375. The van der Waals surface area contributed by atoms with E-state index in [1.54, 1.807) is 12.0 Å². The zero-order valence-electron chi connectivity index (χ0n) is 17.5. The number of nitrogens with zero attached hydrogens (tertiary/aromatic N) is 3. The Morgan fingerprint density at radius 3 is 2.38 bits per heavy atom. The number of hydrogen-bond acceptors (Lipinski definition) is 4. The Kier molecular flexibility index (Phi) is 7.85. The number of piperazine rings is 1. The molecule has 0 radical (unpaired) electrons. The first-order valence-electron chi connectivity index (χ1n) is 10.2. The summed E-state index contributed by atoms with van der Waals surface area (Å²) in [5.74, 6) is 0.970. The molecule has 29 heavy (non-hydrogen) atoms. The maximum absolute atomic E-state index is 12.6. The average Bonchev–Trinajstić information content (AvgIpc) is 2.76. The molecule has 2 aromatic carbocycles. The van der Waals surface area contributed by atoms with E-state index >= 15 is 0 Å². The third kappa shape index (κ3) is 6.44. The highest BCUT2D eigenvalue weighted by Gasteiger charge is 2.20. The number of benzene rings is 2. The summed E-state index contributed by atoms with van der Waals surface area (Å²) in [4.78, 5) is 19.1. The lowest BCUT2D eigenvalue weighted by Gasteiger charge is -2.34. The molecule has 0 atom stereocenters. The monoisotopic (exact) mass is 393 g/mol. The van der Waals surface area contributed by atoms with Crippen LogP contribution in [0.5, 0.6) is 5.75 Å². The summed E-state index contributed by atoms with van der Waals surface area (Å²) < 4.78 is 5.39. The van der Waals surface area contributed by atoms with E-state index in [9.17, 15) is 4.79 Å². The maximum atomic E-state index is 12.6. The molecule has 1 heterocycles. The van der Waals surface area contributed by atoms with Gasteiger partial charge in [-0.2, -0.15) is 0 Å². The van der Waals surface area contributed by atoms with Crippen LogP contribution < -0.4 is 4.74 Å². The maximum Gasteiger partial charge on any atom is 0.236 e. The molecule has 1 aliphatic rings. The van der Waals surface area contributed by atoms with Crippen LogP contribution in [0.2, 0.25) is 0 Å². The molecule has 5 nitrogen and oxygen atoms in total. The van der Waals surface area contributed by atoms with E-state index in [0.29, 0.717) is 13.1 Å². The van der Waals surface area contributed by atoms with Crippen molar-refractivity contribution in [3.05, 3.63) is 71.8 Å². The van der Waals surface area contributed by atoms with Crippen LogP contribution in [0.15, 0.2) is 60.7 Å². The largest absolute Gasteiger partial charge is 0.496 e. The second-order valence-electron chi connectivity index (χ2n) is 7.45. The first-order chi connectivity index (χ1) is 14.2. The van der Waals surface area contributed by atoms with Gasteiger partial charge in [0.25, 0.3) is 0 Å². The topological polar surface area (TPSA) is 36.0 Å². The zero-order valence-corrected chi connectivity index (χ0v) is 17.5. The summed E-state index contributed by atoms with van der Waals surface area (Å²) in [6.45, 7) is 5.81. The lowest BCUT2D eigenvalue weighted by atomic mass is 10.2. The fourth-order valence-electron chi connectivity index (χ4n) is 3.52. The molecule has 2 aromatic rings. The second-order valence-corrected chi connectivity index (χ2v) is 7.45. The number of rotatable bonds is 8. The minimum Gasteiger partial charge on any atom is -0.496 e. The van der Waals surface area contributed by atoms with Crippen molar-refractivity contribution in [2.45, 2.75) is 6.54 Å². The van der Waals surface area contributed by atoms with Crippen LogP contribution in [-0.4, -0.2) is 74.0 Å². The van der Waals surface area contributed by atoms with Gasteiger partial charge >= 0.3 is 0 Å². The third-order valence-electron chi connectivity index (χ3n) is 5.32. The molecule has 3 rings (SSSR count). The van der Waals surface area contributed by atoms with Gasteiger partial charge in [-0.1, -0.05) is 60.7 Å². The van der Waals surface area contributed by atoms with Crippen LogP contribution in [0.1, 0.15) is 11.1 Å². The van der Waals surface area contributed by atoms with E-state index in [-0.39, 0.29) is 5.91 Å². The molecule has 1 aliphatic heterocycles. The standard InChI is InChI=1S/C24H31N3O2/c1-25(19-22-12-6-7-13-23(22)29-2)24(28)20-27-17-15-26(16-18-27)14-8-11-21-9-4-3-5-10-21/h3-13H,14-20H2,1-2H3/b11-8+. The summed E-state index contributed by atoms with van der Waals surface area (Å²) in [5.41, 5.74) is 2.26. The van der Waals surface area contributed by atoms with Crippen LogP contribution in [0.4, 0.5) is 0 Å². The molecule has 0 bridgehead atoms. The predicted molar refractivity (Wildman–Crippen MR) is 118 cm³/mol. The summed E-state index contributed by atoms with van der Waals surface area (Å²) in [5, 5.41) is 0. The lowest BCUT2D eigenvalue weighted by Crippen LogP contribution is -2.49. The molecule has 0 aliphatic carbocycles. The summed E-state index contributed by atoms with van der Waals surface area (Å²) >= 11 is 0. The van der Waals surface area contributed by atoms with Crippen molar-refractivity contribution < 1.29 is 9.53 Å². The van der Waals surface area contributed by atoms with Gasteiger partial charge < -0.3 is 9.64 Å². The highest BCUT2D eigenvalue weighted by atomic mass is 16.5. The van der Waals surface area contributed by atoms with Crippen LogP contribution >= 0.6 is 0 Å². The highest BCUT2D eigenvalue weighted by Crippen LogP contribution is 2.18. The normalized spacial score (nSPS) is 15.5. The Morgan fingerprint density at radius 1 is 1.00 bits per heavy atom. The molecule has 1 amide bonds. The molecule has 0 saturated carbocycles. The quantitative estimate of drug-likeness (QED) is 0.691. The summed E-state index contributed by atoms with van der Waals surface area (Å²) in [6, 6.07) is 18.2. The van der Waals surface area contributed by atoms with Gasteiger partial charge in [-0.3, -0.25) is 14.6 Å². The van der Waals surface area contributed by atoms with Gasteiger partial charge in [-0.25, -0.2) is 0 Å². The van der Waals surface area contributed by atoms with Crippen LogP contribution in [0.25, 0.3) is 6.08 Å². The molecule has 154 valence electrons. The van der Waals surface area contributed by atoms with Gasteiger partial charge in [0.15, 0.2) is 0 Å². The first kappa shape index (κ1) is 21.1. The van der Waals surface area contributed by atoms with Crippen molar-refractivity contribution in [2.24, 2.45) is 0 Å². The number of carbonyl (C=O) groups excluding carboxylic acids is 1. The second kappa shape index (κ2) is 10.8. The SMILES string of the molecule is COc1ccccc1CN(C)C(=O)CN1CCN(C/C=C/c2ccccc2)CC1. The van der Waals surface area contributed by atoms with Crippen molar-refractivity contribution in [1.29, 1.82) is 0 Å². The molecule has 5 heteroatoms. The molecular formula is C24H31N3O2. The molecule has 0 N–H and O–H groups in total. The minimum atomic E-state index is 0.147. The van der Waals surface area contributed by atoms with Gasteiger partial charge in [-0.05, 0) is 11.6 Å². The Bertz CT molecular complexity index is 799. The fourth-order valence-corrected chi connectivity index (χ4v) is 3.52. The van der Waals surface area contributed by atoms with Crippen LogP contribution in [0.3, 0.4) is 0 Å². The van der Waals surface area contributed by atoms with Crippen molar-refractivity contribution in [3.8, 4) is 5.75 Å². The first-order valence-corrected chi connectivity index (χ1v) is 10.2. The predicted octanol–water partition coefficient (Wildman–Crippen LogP) is 2.98. The van der Waals surface area contributed by atoms with Gasteiger partial charge in [0.05, 0.1) is 13.7 Å². The Morgan fingerprint density at radius 2 is 1.66 bits per heavy atom. The molecule has 1 fully saturated rings. The van der Waals surface area contributed by atoms with E-state index in [1.807, 2.05) is 37.4 Å². The van der Waals surface area contributed by atoms with E-state index in [0.717, 1.165) is 44.0 Å². The van der Waals surface area contributed by atoms with Crippen molar-refractivity contribution >= 4 is 12.0 Å². The Balaban J connectivity index is 1.40. The number of ether oxygens (including phenoxy) is 1. The van der Waals surface area contributed by atoms with Crippen LogP contribution in [0, 0.1) is 0 Å². The number of methoxy groups -OCH3 is 1. The van der Waals surface area contributed by atoms with Gasteiger partial charge in [-0.15, -0.1) is 0 Å². The minimum absolute atomic E-state index is 0.147. The smallest absolute Gasteiger partial charge is 0.236 e. The van der Waals surface area contributed by atoms with Gasteiger partial charge in [0.1, 0.15) is 5.75 Å². The Labute approximate surface area is 174 Å². The number of carbonyl (C=O) groups is 1. The summed E-state index contributed by atoms with van der Waals surface area (Å²) in [6.07, 6.45) is 4.39. The van der Waals surface area contributed by atoms with Crippen molar-refractivity contribution in [1.82, 2.24) is 14.7 Å². The third-order valence-corrected chi connectivity index (χ3v) is 5.32. The van der Waals surface area contributed by atoms with Gasteiger partial charge in [0, 0.05) is 51.9 Å². The molecule has 0 unspecified atom stereocenters. The lowest BCUT2D eigenvalue weighted by molar-refractivity contribution is -0.132. The van der Waals surface area contributed by atoms with E-state index in [2.05, 4.69) is 46.2 Å². The Hall–Kier alpha value is -2.63.